The second kappa shape index (κ2) is 5.57. The van der Waals surface area contributed by atoms with Gasteiger partial charge in [-0.1, -0.05) is 6.07 Å². The molecule has 1 aliphatic rings. The summed E-state index contributed by atoms with van der Waals surface area (Å²) in [4.78, 5) is 22.9. The van der Waals surface area contributed by atoms with Gasteiger partial charge in [0, 0.05) is 35.6 Å². The highest BCUT2D eigenvalue weighted by Crippen LogP contribution is 2.35. The Balaban J connectivity index is 2.36. The number of carbonyl (C=O) groups is 1. The van der Waals surface area contributed by atoms with E-state index in [0.29, 0.717) is 0 Å². The van der Waals surface area contributed by atoms with E-state index < -0.39 is 48.7 Å². The fraction of sp³-hybridized carbons (Fsp3) is 0.364. The van der Waals surface area contributed by atoms with Gasteiger partial charge in [-0.05, 0) is 6.07 Å². The third-order valence-electron chi connectivity index (χ3n) is 3.07. The minimum atomic E-state index is -3.81. The lowest BCUT2D eigenvalue weighted by Gasteiger charge is -2.17. The Bertz CT molecular complexity index is 709. The summed E-state index contributed by atoms with van der Waals surface area (Å²) < 4.78 is 35.9. The van der Waals surface area contributed by atoms with Crippen LogP contribution in [0.25, 0.3) is 0 Å². The molecule has 0 aromatic heterocycles. The SMILES string of the molecule is O=C1CC(CS(=O)(=O)Cl)CN1c1c(F)cccc1[N+](=O)[O-]. The molecule has 114 valence electrons. The summed E-state index contributed by atoms with van der Waals surface area (Å²) in [5.41, 5.74) is -0.986. The average Bonchev–Trinajstić information content (AvgIpc) is 2.66. The number of benzene rings is 1. The molecule has 7 nitrogen and oxygen atoms in total. The zero-order valence-corrected chi connectivity index (χ0v) is 12.1. The second-order valence-electron chi connectivity index (χ2n) is 4.64. The van der Waals surface area contributed by atoms with E-state index >= 15 is 0 Å². The van der Waals surface area contributed by atoms with Crippen molar-refractivity contribution < 1.29 is 22.5 Å². The molecule has 10 heteroatoms. The maximum absolute atomic E-state index is 13.9. The molecule has 1 heterocycles. The molecule has 1 aromatic carbocycles. The predicted octanol–water partition coefficient (Wildman–Crippen LogP) is 1.66. The lowest BCUT2D eigenvalue weighted by atomic mass is 10.1. The summed E-state index contributed by atoms with van der Waals surface area (Å²) in [5.74, 6) is -2.56. The van der Waals surface area contributed by atoms with E-state index in [1.807, 2.05) is 0 Å². The van der Waals surface area contributed by atoms with Crippen LogP contribution in [0.5, 0.6) is 0 Å². The van der Waals surface area contributed by atoms with Crippen molar-refractivity contribution in [3.8, 4) is 0 Å². The summed E-state index contributed by atoms with van der Waals surface area (Å²) in [5, 5.41) is 10.9. The third-order valence-corrected chi connectivity index (χ3v) is 4.32. The Labute approximate surface area is 123 Å². The summed E-state index contributed by atoms with van der Waals surface area (Å²) in [7, 11) is 1.32. The van der Waals surface area contributed by atoms with Crippen LogP contribution >= 0.6 is 10.7 Å². The molecule has 21 heavy (non-hydrogen) atoms. The van der Waals surface area contributed by atoms with Crippen LogP contribution < -0.4 is 4.90 Å². The van der Waals surface area contributed by atoms with Crippen molar-refractivity contribution >= 4 is 37.0 Å². The van der Waals surface area contributed by atoms with Gasteiger partial charge >= 0.3 is 0 Å². The van der Waals surface area contributed by atoms with Crippen molar-refractivity contribution in [2.75, 3.05) is 17.2 Å². The Morgan fingerprint density at radius 3 is 2.71 bits per heavy atom. The summed E-state index contributed by atoms with van der Waals surface area (Å²) in [6.07, 6.45) is -0.155. The van der Waals surface area contributed by atoms with Gasteiger partial charge in [0.25, 0.3) is 5.69 Å². The molecule has 1 saturated heterocycles. The lowest BCUT2D eigenvalue weighted by Crippen LogP contribution is -2.27. The van der Waals surface area contributed by atoms with Crippen LogP contribution in [0, 0.1) is 21.8 Å². The van der Waals surface area contributed by atoms with Gasteiger partial charge in [-0.3, -0.25) is 14.9 Å². The van der Waals surface area contributed by atoms with Crippen LogP contribution in [-0.4, -0.2) is 31.5 Å². The number of carbonyl (C=O) groups excluding carboxylic acids is 1. The van der Waals surface area contributed by atoms with Crippen LogP contribution in [0.15, 0.2) is 18.2 Å². The smallest absolute Gasteiger partial charge is 0.296 e. The Hall–Kier alpha value is -1.74. The van der Waals surface area contributed by atoms with Gasteiger partial charge in [-0.2, -0.15) is 0 Å². The van der Waals surface area contributed by atoms with Gasteiger partial charge in [-0.25, -0.2) is 12.8 Å². The molecule has 1 unspecified atom stereocenters. The van der Waals surface area contributed by atoms with Crippen molar-refractivity contribution in [2.24, 2.45) is 5.92 Å². The standard InChI is InChI=1S/C11H10ClFN2O5S/c12-21(19,20)6-7-4-10(16)14(5-7)11-8(13)2-1-3-9(11)15(17)18/h1-3,7H,4-6H2. The molecule has 1 aliphatic heterocycles. The number of nitro groups is 1. The lowest BCUT2D eigenvalue weighted by molar-refractivity contribution is -0.384. The fourth-order valence-corrected chi connectivity index (χ4v) is 3.63. The molecule has 0 spiro atoms. The molecule has 0 aliphatic carbocycles. The zero-order valence-electron chi connectivity index (χ0n) is 10.5. The molecular formula is C11H10ClFN2O5S. The Morgan fingerprint density at radius 1 is 1.48 bits per heavy atom. The maximum Gasteiger partial charge on any atom is 0.296 e. The van der Waals surface area contributed by atoms with E-state index in [4.69, 9.17) is 10.7 Å². The molecular weight excluding hydrogens is 327 g/mol. The molecule has 0 bridgehead atoms. The molecule has 1 atom stereocenters. The van der Waals surface area contributed by atoms with Gasteiger partial charge in [0.1, 0.15) is 0 Å². The topological polar surface area (TPSA) is 97.6 Å². The van der Waals surface area contributed by atoms with Gasteiger partial charge in [-0.15, -0.1) is 0 Å². The molecule has 2 rings (SSSR count). The Morgan fingerprint density at radius 2 is 2.14 bits per heavy atom. The van der Waals surface area contributed by atoms with Crippen LogP contribution in [-0.2, 0) is 13.8 Å². The van der Waals surface area contributed by atoms with E-state index in [0.717, 1.165) is 23.1 Å². The first-order valence-electron chi connectivity index (χ1n) is 5.84. The second-order valence-corrected chi connectivity index (χ2v) is 7.47. The summed E-state index contributed by atoms with van der Waals surface area (Å²) in [6.45, 7) is -0.132. The minimum Gasteiger partial charge on any atom is -0.304 e. The largest absolute Gasteiger partial charge is 0.304 e. The first kappa shape index (κ1) is 15.6. The number of hydrogen-bond acceptors (Lipinski definition) is 5. The number of nitrogens with zero attached hydrogens (tertiary/aromatic N) is 2. The van der Waals surface area contributed by atoms with Crippen molar-refractivity contribution in [1.82, 2.24) is 0 Å². The monoisotopic (exact) mass is 336 g/mol. The van der Waals surface area contributed by atoms with Crippen LogP contribution in [0.3, 0.4) is 0 Å². The maximum atomic E-state index is 13.9. The third kappa shape index (κ3) is 3.48. The molecule has 0 saturated carbocycles. The molecule has 0 radical (unpaired) electrons. The van der Waals surface area contributed by atoms with Crippen LogP contribution in [0.1, 0.15) is 6.42 Å². The van der Waals surface area contributed by atoms with E-state index in [9.17, 15) is 27.7 Å². The Kier molecular flexibility index (Phi) is 4.15. The highest BCUT2D eigenvalue weighted by molar-refractivity contribution is 8.13. The highest BCUT2D eigenvalue weighted by atomic mass is 35.7. The normalized spacial score (nSPS) is 19.0. The van der Waals surface area contributed by atoms with E-state index in [2.05, 4.69) is 0 Å². The van der Waals surface area contributed by atoms with E-state index in [1.165, 1.54) is 0 Å². The van der Waals surface area contributed by atoms with Gasteiger partial charge in [0.2, 0.25) is 15.0 Å². The van der Waals surface area contributed by atoms with Crippen molar-refractivity contribution in [3.63, 3.8) is 0 Å². The number of hydrogen-bond donors (Lipinski definition) is 0. The van der Waals surface area contributed by atoms with E-state index in [-0.39, 0.29) is 13.0 Å². The number of halogens is 2. The number of amides is 1. The number of anilines is 1. The summed E-state index contributed by atoms with van der Waals surface area (Å²) >= 11 is 0. The quantitative estimate of drug-likeness (QED) is 0.473. The van der Waals surface area contributed by atoms with Crippen molar-refractivity contribution in [3.05, 3.63) is 34.1 Å². The van der Waals surface area contributed by atoms with Crippen LogP contribution in [0.2, 0.25) is 0 Å². The number of rotatable bonds is 4. The van der Waals surface area contributed by atoms with Crippen molar-refractivity contribution in [1.29, 1.82) is 0 Å². The molecule has 1 amide bonds. The van der Waals surface area contributed by atoms with Gasteiger partial charge in [0.15, 0.2) is 11.5 Å². The van der Waals surface area contributed by atoms with Gasteiger partial charge < -0.3 is 4.90 Å². The average molecular weight is 337 g/mol. The highest BCUT2D eigenvalue weighted by Gasteiger charge is 2.37. The summed E-state index contributed by atoms with van der Waals surface area (Å²) in [6, 6.07) is 3.25. The predicted molar refractivity (Wildman–Crippen MR) is 73.2 cm³/mol. The molecule has 0 N–H and O–H groups in total. The molecule has 1 fully saturated rings. The molecule has 1 aromatic rings. The van der Waals surface area contributed by atoms with E-state index in [1.54, 1.807) is 0 Å². The fourth-order valence-electron chi connectivity index (χ4n) is 2.31. The minimum absolute atomic E-state index is 0.132. The zero-order chi connectivity index (χ0) is 15.8. The van der Waals surface area contributed by atoms with Gasteiger partial charge in [0.05, 0.1) is 10.7 Å². The number of nitro benzene ring substituents is 1. The first-order chi connectivity index (χ1) is 9.69. The van der Waals surface area contributed by atoms with Crippen LogP contribution in [0.4, 0.5) is 15.8 Å². The van der Waals surface area contributed by atoms with Crippen molar-refractivity contribution in [2.45, 2.75) is 6.42 Å². The first-order valence-corrected chi connectivity index (χ1v) is 8.32. The number of para-hydroxylation sites is 1.